The molecule has 1 rings (SSSR count). The van der Waals surface area contributed by atoms with Crippen LogP contribution in [0.3, 0.4) is 0 Å². The van der Waals surface area contributed by atoms with Gasteiger partial charge in [-0.3, -0.25) is 4.79 Å². The Morgan fingerprint density at radius 2 is 1.82 bits per heavy atom. The number of hydrogen-bond acceptors (Lipinski definition) is 3. The molecule has 0 aromatic rings. The van der Waals surface area contributed by atoms with Gasteiger partial charge in [0.15, 0.2) is 8.32 Å². The van der Waals surface area contributed by atoms with Crippen molar-refractivity contribution in [3.8, 4) is 0 Å². The fraction of sp³-hybridized carbons (Fsp3) is 0.769. The summed E-state index contributed by atoms with van der Waals surface area (Å²) < 4.78 is 11.5. The van der Waals surface area contributed by atoms with Crippen LogP contribution in [-0.4, -0.2) is 20.1 Å². The zero-order valence-corrected chi connectivity index (χ0v) is 13.0. The molecule has 1 aliphatic heterocycles. The van der Waals surface area contributed by atoms with Gasteiger partial charge in [0.2, 0.25) is 5.79 Å². The molecule has 2 unspecified atom stereocenters. The van der Waals surface area contributed by atoms with Gasteiger partial charge in [-0.05, 0) is 25.1 Å². The standard InChI is InChI=1S/C13H24O3Si/c1-9-12(5)10(14)15-13(12,6)16-17(7,8)11(2,3)4/h9H,1H2,2-8H3. The van der Waals surface area contributed by atoms with Crippen molar-refractivity contribution in [2.24, 2.45) is 5.41 Å². The molecule has 2 atom stereocenters. The molecule has 17 heavy (non-hydrogen) atoms. The molecule has 1 heterocycles. The molecule has 0 aromatic carbocycles. The number of cyclic esters (lactones) is 1. The van der Waals surface area contributed by atoms with Crippen molar-refractivity contribution in [2.45, 2.75) is 58.5 Å². The average Bonchev–Trinajstić information content (AvgIpc) is 2.13. The quantitative estimate of drug-likeness (QED) is 0.440. The normalized spacial score (nSPS) is 33.9. The maximum atomic E-state index is 11.6. The first-order valence-electron chi connectivity index (χ1n) is 5.97. The van der Waals surface area contributed by atoms with Gasteiger partial charge in [-0.1, -0.05) is 26.8 Å². The number of esters is 1. The minimum absolute atomic E-state index is 0.0834. The first-order chi connectivity index (χ1) is 7.40. The minimum Gasteiger partial charge on any atom is -0.432 e. The van der Waals surface area contributed by atoms with E-state index in [1.807, 2.05) is 13.8 Å². The van der Waals surface area contributed by atoms with Crippen molar-refractivity contribution >= 4 is 14.3 Å². The zero-order valence-electron chi connectivity index (χ0n) is 12.0. The van der Waals surface area contributed by atoms with Crippen LogP contribution in [0.4, 0.5) is 0 Å². The second kappa shape index (κ2) is 3.69. The number of hydrogen-bond donors (Lipinski definition) is 0. The summed E-state index contributed by atoms with van der Waals surface area (Å²) in [5.74, 6) is -1.12. The predicted molar refractivity (Wildman–Crippen MR) is 71.1 cm³/mol. The molecule has 0 amide bonds. The average molecular weight is 256 g/mol. The minimum atomic E-state index is -1.97. The summed E-state index contributed by atoms with van der Waals surface area (Å²) in [6, 6.07) is 0. The van der Waals surface area contributed by atoms with Crippen LogP contribution >= 0.6 is 0 Å². The molecular formula is C13H24O3Si. The van der Waals surface area contributed by atoms with Crippen molar-refractivity contribution in [3.63, 3.8) is 0 Å². The third kappa shape index (κ3) is 1.97. The lowest BCUT2D eigenvalue weighted by Gasteiger charge is -2.55. The lowest BCUT2D eigenvalue weighted by Crippen LogP contribution is -2.68. The van der Waals surface area contributed by atoms with Crippen molar-refractivity contribution < 1.29 is 14.0 Å². The number of carbonyl (C=O) groups excluding carboxylic acids is 1. The Morgan fingerprint density at radius 3 is 2.12 bits per heavy atom. The monoisotopic (exact) mass is 256 g/mol. The third-order valence-corrected chi connectivity index (χ3v) is 8.83. The summed E-state index contributed by atoms with van der Waals surface area (Å²) in [6.45, 7) is 18.2. The molecule has 0 spiro atoms. The van der Waals surface area contributed by atoms with Gasteiger partial charge in [0.05, 0.1) is 0 Å². The van der Waals surface area contributed by atoms with Crippen LogP contribution in [-0.2, 0) is 14.0 Å². The number of rotatable bonds is 3. The molecule has 1 aliphatic rings. The Balaban J connectivity index is 2.97. The van der Waals surface area contributed by atoms with Gasteiger partial charge in [-0.25, -0.2) is 0 Å². The lowest BCUT2D eigenvalue weighted by molar-refractivity contribution is -0.290. The van der Waals surface area contributed by atoms with Gasteiger partial charge in [0, 0.05) is 6.92 Å². The van der Waals surface area contributed by atoms with Crippen LogP contribution < -0.4 is 0 Å². The predicted octanol–water partition coefficient (Wildman–Crippen LogP) is 3.47. The Morgan fingerprint density at radius 1 is 1.35 bits per heavy atom. The molecular weight excluding hydrogens is 232 g/mol. The van der Waals surface area contributed by atoms with Crippen molar-refractivity contribution in [2.75, 3.05) is 0 Å². The molecule has 98 valence electrons. The summed E-state index contributed by atoms with van der Waals surface area (Å²) in [7, 11) is -1.97. The van der Waals surface area contributed by atoms with E-state index in [1.165, 1.54) is 0 Å². The van der Waals surface area contributed by atoms with Crippen molar-refractivity contribution in [1.29, 1.82) is 0 Å². The van der Waals surface area contributed by atoms with Crippen molar-refractivity contribution in [3.05, 3.63) is 12.7 Å². The van der Waals surface area contributed by atoms with E-state index in [9.17, 15) is 4.79 Å². The zero-order chi connectivity index (χ0) is 13.7. The van der Waals surface area contributed by atoms with E-state index in [1.54, 1.807) is 6.08 Å². The summed E-state index contributed by atoms with van der Waals surface area (Å²) in [5.41, 5.74) is -0.734. The number of ether oxygens (including phenoxy) is 1. The van der Waals surface area contributed by atoms with Crippen LogP contribution in [0.1, 0.15) is 34.6 Å². The Kier molecular flexibility index (Phi) is 3.13. The Bertz CT molecular complexity index is 356. The third-order valence-electron chi connectivity index (χ3n) is 4.32. The highest BCUT2D eigenvalue weighted by Gasteiger charge is 2.65. The van der Waals surface area contributed by atoms with E-state index >= 15 is 0 Å². The number of carbonyl (C=O) groups is 1. The van der Waals surface area contributed by atoms with Crippen LogP contribution in [0.5, 0.6) is 0 Å². The highest BCUT2D eigenvalue weighted by molar-refractivity contribution is 6.74. The smallest absolute Gasteiger partial charge is 0.324 e. The van der Waals surface area contributed by atoms with E-state index in [-0.39, 0.29) is 11.0 Å². The maximum absolute atomic E-state index is 11.6. The first-order valence-corrected chi connectivity index (χ1v) is 8.88. The molecule has 1 saturated heterocycles. The fourth-order valence-corrected chi connectivity index (χ4v) is 3.10. The lowest BCUT2D eigenvalue weighted by atomic mass is 9.77. The van der Waals surface area contributed by atoms with Crippen LogP contribution in [0.15, 0.2) is 12.7 Å². The molecule has 4 heteroatoms. The van der Waals surface area contributed by atoms with Gasteiger partial charge in [0.25, 0.3) is 0 Å². The van der Waals surface area contributed by atoms with Crippen LogP contribution in [0.2, 0.25) is 18.1 Å². The molecule has 0 aliphatic carbocycles. The van der Waals surface area contributed by atoms with E-state index in [0.717, 1.165) is 0 Å². The van der Waals surface area contributed by atoms with Crippen LogP contribution in [0.25, 0.3) is 0 Å². The maximum Gasteiger partial charge on any atom is 0.324 e. The largest absolute Gasteiger partial charge is 0.432 e. The molecule has 0 bridgehead atoms. The van der Waals surface area contributed by atoms with E-state index < -0.39 is 19.5 Å². The van der Waals surface area contributed by atoms with E-state index in [2.05, 4.69) is 40.4 Å². The Hall–Kier alpha value is -0.613. The first kappa shape index (κ1) is 14.4. The second-order valence-electron chi connectivity index (χ2n) is 6.60. The van der Waals surface area contributed by atoms with Gasteiger partial charge < -0.3 is 9.16 Å². The van der Waals surface area contributed by atoms with Crippen molar-refractivity contribution in [1.82, 2.24) is 0 Å². The SMILES string of the molecule is C=CC1(C)C(=O)OC1(C)O[Si](C)(C)C(C)(C)C. The summed E-state index contributed by atoms with van der Waals surface area (Å²) in [6.07, 6.45) is 1.63. The van der Waals surface area contributed by atoms with Gasteiger partial charge in [0.1, 0.15) is 5.41 Å². The topological polar surface area (TPSA) is 35.5 Å². The second-order valence-corrected chi connectivity index (χ2v) is 11.3. The van der Waals surface area contributed by atoms with E-state index in [0.29, 0.717) is 0 Å². The summed E-state index contributed by atoms with van der Waals surface area (Å²) in [4.78, 5) is 11.6. The highest BCUT2D eigenvalue weighted by atomic mass is 28.4. The molecule has 0 N–H and O–H groups in total. The highest BCUT2D eigenvalue weighted by Crippen LogP contribution is 2.51. The molecule has 0 saturated carbocycles. The molecule has 1 fully saturated rings. The molecule has 0 aromatic heterocycles. The summed E-state index contributed by atoms with van der Waals surface area (Å²) in [5, 5.41) is 0.0834. The molecule has 3 nitrogen and oxygen atoms in total. The van der Waals surface area contributed by atoms with Gasteiger partial charge in [-0.2, -0.15) is 0 Å². The summed E-state index contributed by atoms with van der Waals surface area (Å²) >= 11 is 0. The van der Waals surface area contributed by atoms with Gasteiger partial charge in [-0.15, -0.1) is 6.58 Å². The van der Waals surface area contributed by atoms with Crippen LogP contribution in [0, 0.1) is 5.41 Å². The molecule has 0 radical (unpaired) electrons. The van der Waals surface area contributed by atoms with E-state index in [4.69, 9.17) is 9.16 Å². The van der Waals surface area contributed by atoms with Gasteiger partial charge >= 0.3 is 5.97 Å². The Labute approximate surface area is 105 Å². The fourth-order valence-electron chi connectivity index (χ4n) is 1.56.